The normalized spacial score (nSPS) is 40.9. The SMILES string of the molecule is CC1CCC(C)C(NCC2CCCCS2)C1. The van der Waals surface area contributed by atoms with Gasteiger partial charge in [-0.15, -0.1) is 0 Å². The van der Waals surface area contributed by atoms with Crippen molar-refractivity contribution in [1.82, 2.24) is 5.32 Å². The Hall–Kier alpha value is 0.310. The molecule has 4 atom stereocenters. The Labute approximate surface area is 105 Å². The van der Waals surface area contributed by atoms with Gasteiger partial charge in [0.15, 0.2) is 0 Å². The van der Waals surface area contributed by atoms with Gasteiger partial charge in [0.05, 0.1) is 0 Å². The summed E-state index contributed by atoms with van der Waals surface area (Å²) in [6.45, 7) is 6.10. The van der Waals surface area contributed by atoms with Gasteiger partial charge in [-0.3, -0.25) is 0 Å². The first kappa shape index (κ1) is 12.8. The zero-order chi connectivity index (χ0) is 11.4. The fourth-order valence-corrected chi connectivity index (χ4v) is 4.32. The lowest BCUT2D eigenvalue weighted by Gasteiger charge is -2.35. The zero-order valence-corrected chi connectivity index (χ0v) is 11.7. The topological polar surface area (TPSA) is 12.0 Å². The van der Waals surface area contributed by atoms with Crippen LogP contribution in [0.2, 0.25) is 0 Å². The number of thioether (sulfide) groups is 1. The summed E-state index contributed by atoms with van der Waals surface area (Å²) >= 11 is 2.19. The molecule has 0 amide bonds. The summed E-state index contributed by atoms with van der Waals surface area (Å²) in [5.41, 5.74) is 0. The molecule has 1 saturated heterocycles. The van der Waals surface area contributed by atoms with Gasteiger partial charge < -0.3 is 5.32 Å². The van der Waals surface area contributed by atoms with E-state index >= 15 is 0 Å². The highest BCUT2D eigenvalue weighted by molar-refractivity contribution is 7.99. The van der Waals surface area contributed by atoms with Crippen LogP contribution >= 0.6 is 11.8 Å². The summed E-state index contributed by atoms with van der Waals surface area (Å²) in [6.07, 6.45) is 8.61. The van der Waals surface area contributed by atoms with Crippen LogP contribution in [0.25, 0.3) is 0 Å². The quantitative estimate of drug-likeness (QED) is 0.809. The lowest BCUT2D eigenvalue weighted by Crippen LogP contribution is -2.42. The van der Waals surface area contributed by atoms with Gasteiger partial charge in [0.1, 0.15) is 0 Å². The molecule has 1 saturated carbocycles. The lowest BCUT2D eigenvalue weighted by atomic mass is 9.80. The number of nitrogens with one attached hydrogen (secondary N) is 1. The molecule has 1 heterocycles. The average molecular weight is 241 g/mol. The molecular weight excluding hydrogens is 214 g/mol. The molecule has 1 nitrogen and oxygen atoms in total. The molecule has 2 heteroatoms. The molecule has 94 valence electrons. The smallest absolute Gasteiger partial charge is 0.0172 e. The van der Waals surface area contributed by atoms with Crippen molar-refractivity contribution in [3.05, 3.63) is 0 Å². The van der Waals surface area contributed by atoms with Crippen LogP contribution in [0.1, 0.15) is 52.4 Å². The molecule has 0 aromatic carbocycles. The van der Waals surface area contributed by atoms with Crippen molar-refractivity contribution in [2.24, 2.45) is 11.8 Å². The van der Waals surface area contributed by atoms with Crippen LogP contribution in [-0.2, 0) is 0 Å². The van der Waals surface area contributed by atoms with Crippen LogP contribution in [0.15, 0.2) is 0 Å². The van der Waals surface area contributed by atoms with Gasteiger partial charge in [-0.2, -0.15) is 11.8 Å². The van der Waals surface area contributed by atoms with Crippen LogP contribution in [0.4, 0.5) is 0 Å². The Morgan fingerprint density at radius 2 is 2.00 bits per heavy atom. The maximum absolute atomic E-state index is 3.85. The molecule has 0 radical (unpaired) electrons. The van der Waals surface area contributed by atoms with E-state index in [1.807, 2.05) is 0 Å². The van der Waals surface area contributed by atoms with Gasteiger partial charge in [0, 0.05) is 17.8 Å². The molecule has 1 aliphatic heterocycles. The van der Waals surface area contributed by atoms with Crippen LogP contribution < -0.4 is 5.32 Å². The molecule has 2 fully saturated rings. The highest BCUT2D eigenvalue weighted by atomic mass is 32.2. The Morgan fingerprint density at radius 3 is 2.75 bits per heavy atom. The predicted molar refractivity (Wildman–Crippen MR) is 74.1 cm³/mol. The number of rotatable bonds is 3. The summed E-state index contributed by atoms with van der Waals surface area (Å²) < 4.78 is 0. The van der Waals surface area contributed by atoms with E-state index < -0.39 is 0 Å². The third-order valence-corrected chi connectivity index (χ3v) is 5.74. The van der Waals surface area contributed by atoms with Gasteiger partial charge in [-0.25, -0.2) is 0 Å². The van der Waals surface area contributed by atoms with Gasteiger partial charge in [0.2, 0.25) is 0 Å². The van der Waals surface area contributed by atoms with Crippen molar-refractivity contribution >= 4 is 11.8 Å². The zero-order valence-electron chi connectivity index (χ0n) is 10.9. The van der Waals surface area contributed by atoms with Gasteiger partial charge >= 0.3 is 0 Å². The summed E-state index contributed by atoms with van der Waals surface area (Å²) in [5, 5.41) is 4.75. The van der Waals surface area contributed by atoms with Crippen molar-refractivity contribution in [3.8, 4) is 0 Å². The Morgan fingerprint density at radius 1 is 1.12 bits per heavy atom. The van der Waals surface area contributed by atoms with Crippen LogP contribution in [0.3, 0.4) is 0 Å². The fraction of sp³-hybridized carbons (Fsp3) is 1.00. The van der Waals surface area contributed by atoms with E-state index in [9.17, 15) is 0 Å². The molecule has 1 N–H and O–H groups in total. The highest BCUT2D eigenvalue weighted by Gasteiger charge is 2.25. The second kappa shape index (κ2) is 6.30. The molecular formula is C14H27NS. The predicted octanol–water partition coefficient (Wildman–Crippen LogP) is 3.69. The van der Waals surface area contributed by atoms with Crippen molar-refractivity contribution in [1.29, 1.82) is 0 Å². The largest absolute Gasteiger partial charge is 0.313 e. The molecule has 1 aliphatic carbocycles. The maximum Gasteiger partial charge on any atom is 0.0172 e. The second-order valence-corrected chi connectivity index (χ2v) is 7.31. The van der Waals surface area contributed by atoms with Crippen LogP contribution in [-0.4, -0.2) is 23.6 Å². The third kappa shape index (κ3) is 3.66. The van der Waals surface area contributed by atoms with Crippen molar-refractivity contribution in [3.63, 3.8) is 0 Å². The molecule has 4 unspecified atom stereocenters. The minimum Gasteiger partial charge on any atom is -0.313 e. The summed E-state index contributed by atoms with van der Waals surface area (Å²) in [4.78, 5) is 0. The van der Waals surface area contributed by atoms with E-state index in [0.29, 0.717) is 0 Å². The molecule has 0 bridgehead atoms. The number of hydrogen-bond donors (Lipinski definition) is 1. The van der Waals surface area contributed by atoms with E-state index in [-0.39, 0.29) is 0 Å². The summed E-state index contributed by atoms with van der Waals surface area (Å²) in [5.74, 6) is 3.22. The van der Waals surface area contributed by atoms with E-state index in [1.165, 1.54) is 50.8 Å². The van der Waals surface area contributed by atoms with Crippen molar-refractivity contribution < 1.29 is 0 Å². The van der Waals surface area contributed by atoms with E-state index in [1.54, 1.807) is 0 Å². The minimum atomic E-state index is 0.797. The van der Waals surface area contributed by atoms with Gasteiger partial charge in [0.25, 0.3) is 0 Å². The highest BCUT2D eigenvalue weighted by Crippen LogP contribution is 2.29. The maximum atomic E-state index is 3.85. The molecule has 16 heavy (non-hydrogen) atoms. The summed E-state index contributed by atoms with van der Waals surface area (Å²) in [7, 11) is 0. The molecule has 0 spiro atoms. The standard InChI is InChI=1S/C14H27NS/c1-11-6-7-12(2)14(9-11)15-10-13-5-3-4-8-16-13/h11-15H,3-10H2,1-2H3. The van der Waals surface area contributed by atoms with Gasteiger partial charge in [-0.05, 0) is 43.3 Å². The lowest BCUT2D eigenvalue weighted by molar-refractivity contribution is 0.229. The van der Waals surface area contributed by atoms with E-state index in [4.69, 9.17) is 0 Å². The third-order valence-electron chi connectivity index (χ3n) is 4.34. The average Bonchev–Trinajstić information content (AvgIpc) is 2.32. The first-order valence-corrected chi connectivity index (χ1v) is 8.15. The molecule has 2 rings (SSSR count). The summed E-state index contributed by atoms with van der Waals surface area (Å²) in [6, 6.07) is 0.797. The van der Waals surface area contributed by atoms with E-state index in [2.05, 4.69) is 30.9 Å². The first-order valence-electron chi connectivity index (χ1n) is 7.10. The first-order chi connectivity index (χ1) is 7.75. The van der Waals surface area contributed by atoms with Crippen LogP contribution in [0.5, 0.6) is 0 Å². The Bertz CT molecular complexity index is 201. The Kier molecular flexibility index (Phi) is 5.02. The Balaban J connectivity index is 1.71. The molecule has 0 aromatic heterocycles. The fourth-order valence-electron chi connectivity index (χ4n) is 3.07. The van der Waals surface area contributed by atoms with E-state index in [0.717, 1.165) is 23.1 Å². The minimum absolute atomic E-state index is 0.797. The van der Waals surface area contributed by atoms with Crippen LogP contribution in [0, 0.1) is 11.8 Å². The molecule has 0 aromatic rings. The molecule has 2 aliphatic rings. The van der Waals surface area contributed by atoms with Crippen molar-refractivity contribution in [2.45, 2.75) is 63.7 Å². The monoisotopic (exact) mass is 241 g/mol. The number of hydrogen-bond acceptors (Lipinski definition) is 2. The van der Waals surface area contributed by atoms with Gasteiger partial charge in [-0.1, -0.05) is 26.7 Å². The van der Waals surface area contributed by atoms with Crippen molar-refractivity contribution in [2.75, 3.05) is 12.3 Å². The second-order valence-electron chi connectivity index (χ2n) is 5.90.